The molecule has 0 saturated heterocycles. The fourth-order valence-electron chi connectivity index (χ4n) is 1.14. The summed E-state index contributed by atoms with van der Waals surface area (Å²) in [6.45, 7) is 1.54. The molecular formula is C10H9FO4. The lowest BCUT2D eigenvalue weighted by molar-refractivity contribution is 0.0693. The third kappa shape index (κ3) is 2.12. The van der Waals surface area contributed by atoms with E-state index in [0.29, 0.717) is 6.07 Å². The van der Waals surface area contributed by atoms with Crippen molar-refractivity contribution in [3.05, 3.63) is 29.1 Å². The van der Waals surface area contributed by atoms with Crippen LogP contribution in [0.15, 0.2) is 12.1 Å². The zero-order chi connectivity index (χ0) is 11.6. The minimum absolute atomic E-state index is 0.0702. The van der Waals surface area contributed by atoms with Crippen LogP contribution in [-0.4, -0.2) is 22.0 Å². The van der Waals surface area contributed by atoms with E-state index in [1.54, 1.807) is 0 Å². The largest absolute Gasteiger partial charge is 0.507 e. The number of carboxylic acid groups (broad SMARTS) is 1. The van der Waals surface area contributed by atoms with Crippen LogP contribution in [0.3, 0.4) is 0 Å². The number of carboxylic acids is 1. The van der Waals surface area contributed by atoms with Crippen molar-refractivity contribution in [2.45, 2.75) is 13.3 Å². The molecule has 0 aliphatic heterocycles. The number of phenols is 1. The van der Waals surface area contributed by atoms with E-state index >= 15 is 0 Å². The van der Waals surface area contributed by atoms with Gasteiger partial charge in [-0.2, -0.15) is 0 Å². The summed E-state index contributed by atoms with van der Waals surface area (Å²) in [6.07, 6.45) is 0.0702. The number of aromatic hydroxyl groups is 1. The molecule has 0 saturated carbocycles. The van der Waals surface area contributed by atoms with Crippen LogP contribution in [0.5, 0.6) is 5.75 Å². The maximum absolute atomic E-state index is 13.2. The van der Waals surface area contributed by atoms with Gasteiger partial charge in [0.15, 0.2) is 5.78 Å². The van der Waals surface area contributed by atoms with Crippen LogP contribution >= 0.6 is 0 Å². The Hall–Kier alpha value is -1.91. The van der Waals surface area contributed by atoms with Gasteiger partial charge in [0.2, 0.25) is 0 Å². The minimum atomic E-state index is -1.40. The van der Waals surface area contributed by atoms with E-state index in [1.807, 2.05) is 0 Å². The molecule has 0 bridgehead atoms. The van der Waals surface area contributed by atoms with Crippen molar-refractivity contribution >= 4 is 11.8 Å². The first kappa shape index (κ1) is 11.2. The van der Waals surface area contributed by atoms with E-state index in [2.05, 4.69) is 0 Å². The van der Waals surface area contributed by atoms with Crippen LogP contribution in [0, 0.1) is 5.82 Å². The van der Waals surface area contributed by atoms with Crippen LogP contribution in [0.2, 0.25) is 0 Å². The molecule has 80 valence electrons. The zero-order valence-electron chi connectivity index (χ0n) is 7.95. The molecule has 1 aromatic carbocycles. The van der Waals surface area contributed by atoms with Crippen molar-refractivity contribution in [3.8, 4) is 5.75 Å². The summed E-state index contributed by atoms with van der Waals surface area (Å²) in [5.74, 6) is -3.51. The molecule has 0 unspecified atom stereocenters. The molecule has 1 rings (SSSR count). The van der Waals surface area contributed by atoms with Gasteiger partial charge in [0, 0.05) is 12.5 Å². The number of hydrogen-bond donors (Lipinski definition) is 2. The number of rotatable bonds is 3. The number of ketones is 1. The highest BCUT2D eigenvalue weighted by Gasteiger charge is 2.17. The molecule has 0 fully saturated rings. The smallest absolute Gasteiger partial charge is 0.339 e. The van der Waals surface area contributed by atoms with E-state index in [1.165, 1.54) is 6.92 Å². The highest BCUT2D eigenvalue weighted by Crippen LogP contribution is 2.22. The molecule has 0 heterocycles. The summed E-state index contributed by atoms with van der Waals surface area (Å²) < 4.78 is 13.2. The van der Waals surface area contributed by atoms with Crippen LogP contribution < -0.4 is 0 Å². The predicted molar refractivity (Wildman–Crippen MR) is 49.6 cm³/mol. The number of hydrogen-bond acceptors (Lipinski definition) is 3. The van der Waals surface area contributed by atoms with E-state index in [9.17, 15) is 14.0 Å². The van der Waals surface area contributed by atoms with Gasteiger partial charge in [-0.15, -0.1) is 0 Å². The SMILES string of the molecule is CCC(=O)c1cc(C(=O)O)c(O)cc1F. The Morgan fingerprint density at radius 1 is 1.33 bits per heavy atom. The molecule has 0 amide bonds. The summed E-state index contributed by atoms with van der Waals surface area (Å²) in [4.78, 5) is 21.8. The number of carbonyl (C=O) groups is 2. The first-order valence-corrected chi connectivity index (χ1v) is 4.26. The van der Waals surface area contributed by atoms with Gasteiger partial charge in [-0.3, -0.25) is 4.79 Å². The van der Waals surface area contributed by atoms with Crippen molar-refractivity contribution in [1.29, 1.82) is 0 Å². The van der Waals surface area contributed by atoms with Gasteiger partial charge in [0.25, 0.3) is 0 Å². The summed E-state index contributed by atoms with van der Waals surface area (Å²) in [6, 6.07) is 1.48. The van der Waals surface area contributed by atoms with Gasteiger partial charge in [-0.1, -0.05) is 6.92 Å². The van der Waals surface area contributed by atoms with E-state index < -0.39 is 28.9 Å². The number of carbonyl (C=O) groups excluding carboxylic acids is 1. The van der Waals surface area contributed by atoms with Gasteiger partial charge in [0.1, 0.15) is 17.1 Å². The molecule has 0 atom stereocenters. The van der Waals surface area contributed by atoms with Crippen molar-refractivity contribution in [2.24, 2.45) is 0 Å². The number of aromatic carboxylic acids is 1. The monoisotopic (exact) mass is 212 g/mol. The second kappa shape index (κ2) is 4.08. The molecule has 0 aromatic heterocycles. The van der Waals surface area contributed by atoms with Gasteiger partial charge in [-0.25, -0.2) is 9.18 Å². The molecule has 0 spiro atoms. The van der Waals surface area contributed by atoms with E-state index in [0.717, 1.165) is 6.07 Å². The van der Waals surface area contributed by atoms with Crippen molar-refractivity contribution in [3.63, 3.8) is 0 Å². The minimum Gasteiger partial charge on any atom is -0.507 e. The van der Waals surface area contributed by atoms with Crippen LogP contribution in [0.1, 0.15) is 34.1 Å². The molecular weight excluding hydrogens is 203 g/mol. The standard InChI is InChI=1S/C10H9FO4/c1-2-8(12)5-3-6(10(14)15)9(13)4-7(5)11/h3-4,13H,2H2,1H3,(H,14,15). The first-order valence-electron chi connectivity index (χ1n) is 4.26. The summed E-state index contributed by atoms with van der Waals surface area (Å²) in [5.41, 5.74) is -0.791. The van der Waals surface area contributed by atoms with Crippen molar-refractivity contribution in [1.82, 2.24) is 0 Å². The van der Waals surface area contributed by atoms with Gasteiger partial charge in [0.05, 0.1) is 5.56 Å². The number of Topliss-reactive ketones (excluding diaryl/α,β-unsaturated/α-hetero) is 1. The summed E-state index contributed by atoms with van der Waals surface area (Å²) in [5, 5.41) is 17.8. The lowest BCUT2D eigenvalue weighted by Crippen LogP contribution is -2.05. The Morgan fingerprint density at radius 2 is 1.93 bits per heavy atom. The quantitative estimate of drug-likeness (QED) is 0.749. The normalized spacial score (nSPS) is 10.0. The fourth-order valence-corrected chi connectivity index (χ4v) is 1.14. The van der Waals surface area contributed by atoms with Crippen molar-refractivity contribution < 1.29 is 24.2 Å². The van der Waals surface area contributed by atoms with Crippen LogP contribution in [-0.2, 0) is 0 Å². The molecule has 1 aromatic rings. The maximum Gasteiger partial charge on any atom is 0.339 e. The third-order valence-corrected chi connectivity index (χ3v) is 1.94. The average molecular weight is 212 g/mol. The highest BCUT2D eigenvalue weighted by molar-refractivity contribution is 6.00. The zero-order valence-corrected chi connectivity index (χ0v) is 7.95. The molecule has 0 aliphatic rings. The second-order valence-electron chi connectivity index (χ2n) is 2.93. The lowest BCUT2D eigenvalue weighted by atomic mass is 10.0. The maximum atomic E-state index is 13.2. The molecule has 0 radical (unpaired) electrons. The first-order chi connectivity index (χ1) is 6.97. The summed E-state index contributed by atoms with van der Waals surface area (Å²) >= 11 is 0. The fraction of sp³-hybridized carbons (Fsp3) is 0.200. The molecule has 2 N–H and O–H groups in total. The molecule has 0 aliphatic carbocycles. The second-order valence-corrected chi connectivity index (χ2v) is 2.93. The van der Waals surface area contributed by atoms with E-state index in [-0.39, 0.29) is 12.0 Å². The molecule has 15 heavy (non-hydrogen) atoms. The number of benzene rings is 1. The Labute approximate surface area is 85.0 Å². The Bertz CT molecular complexity index is 426. The Morgan fingerprint density at radius 3 is 2.40 bits per heavy atom. The van der Waals surface area contributed by atoms with Crippen LogP contribution in [0.25, 0.3) is 0 Å². The van der Waals surface area contributed by atoms with Crippen molar-refractivity contribution in [2.75, 3.05) is 0 Å². The summed E-state index contributed by atoms with van der Waals surface area (Å²) in [7, 11) is 0. The average Bonchev–Trinajstić information content (AvgIpc) is 2.16. The van der Waals surface area contributed by atoms with Gasteiger partial charge < -0.3 is 10.2 Å². The van der Waals surface area contributed by atoms with Gasteiger partial charge in [-0.05, 0) is 6.07 Å². The van der Waals surface area contributed by atoms with Crippen LogP contribution in [0.4, 0.5) is 4.39 Å². The topological polar surface area (TPSA) is 74.6 Å². The Balaban J connectivity index is 3.36. The lowest BCUT2D eigenvalue weighted by Gasteiger charge is -2.04. The number of halogens is 1. The van der Waals surface area contributed by atoms with Gasteiger partial charge >= 0.3 is 5.97 Å². The van der Waals surface area contributed by atoms with E-state index in [4.69, 9.17) is 10.2 Å². The highest BCUT2D eigenvalue weighted by atomic mass is 19.1. The molecule has 4 nitrogen and oxygen atoms in total. The predicted octanol–water partition coefficient (Wildman–Crippen LogP) is 1.82. The third-order valence-electron chi connectivity index (χ3n) is 1.94. The Kier molecular flexibility index (Phi) is 3.04. The molecule has 5 heteroatoms.